The third-order valence-electron chi connectivity index (χ3n) is 1.20. The molecule has 0 aromatic heterocycles. The zero-order valence-corrected chi connectivity index (χ0v) is 9.92. The van der Waals surface area contributed by atoms with Crippen molar-refractivity contribution in [2.45, 2.75) is 23.8 Å². The van der Waals surface area contributed by atoms with Crippen LogP contribution >= 0.6 is 45.2 Å². The summed E-state index contributed by atoms with van der Waals surface area (Å²) in [6, 6.07) is 0. The lowest BCUT2D eigenvalue weighted by Gasteiger charge is -2.07. The minimum absolute atomic E-state index is 0.355. The van der Waals surface area contributed by atoms with Crippen LogP contribution in [-0.4, -0.2) is 8.48 Å². The summed E-state index contributed by atoms with van der Waals surface area (Å²) in [4.78, 5) is 0. The van der Waals surface area contributed by atoms with Gasteiger partial charge in [-0.15, -0.1) is 0 Å². The van der Waals surface area contributed by atoms with Gasteiger partial charge in [0, 0.05) is 4.43 Å². The lowest BCUT2D eigenvalue weighted by molar-refractivity contribution is 0.570. The summed E-state index contributed by atoms with van der Waals surface area (Å²) in [6.07, 6.45) is 2.43. The Bertz CT molecular complexity index is 66.1. The molecule has 0 aliphatic heterocycles. The molecule has 2 N–H and O–H groups in total. The van der Waals surface area contributed by atoms with E-state index in [2.05, 4.69) is 52.1 Å². The first kappa shape index (κ1) is 10.4. The number of nitrogens with two attached hydrogens (primary N) is 1. The summed E-state index contributed by atoms with van der Waals surface area (Å²) in [6.45, 7) is 2.27. The van der Waals surface area contributed by atoms with Gasteiger partial charge in [0.15, 0.2) is 0 Å². The van der Waals surface area contributed by atoms with Gasteiger partial charge in [-0.25, -0.2) is 0 Å². The van der Waals surface area contributed by atoms with E-state index in [1.54, 1.807) is 0 Å². The minimum atomic E-state index is 0.355. The molecule has 56 valence electrons. The van der Waals surface area contributed by atoms with Crippen LogP contribution in [0.2, 0.25) is 0 Å². The molecule has 0 saturated carbocycles. The lowest BCUT2D eigenvalue weighted by atomic mass is 10.1. The maximum Gasteiger partial charge on any atom is 0.0568 e. The van der Waals surface area contributed by atoms with Crippen LogP contribution in [0.15, 0.2) is 0 Å². The molecule has 0 amide bonds. The fourth-order valence-corrected chi connectivity index (χ4v) is 1.32. The molecule has 0 bridgehead atoms. The SMILES string of the molecule is C[C@H](CI)CCC(N)I. The molecule has 1 unspecified atom stereocenters. The van der Waals surface area contributed by atoms with Crippen LogP contribution in [0.5, 0.6) is 0 Å². The van der Waals surface area contributed by atoms with Gasteiger partial charge in [0.05, 0.1) is 4.05 Å². The van der Waals surface area contributed by atoms with Crippen LogP contribution in [0.1, 0.15) is 19.8 Å². The Morgan fingerprint density at radius 3 is 2.33 bits per heavy atom. The number of hydrogen-bond acceptors (Lipinski definition) is 1. The molecule has 3 heteroatoms. The zero-order chi connectivity index (χ0) is 7.28. The Balaban J connectivity index is 3.06. The zero-order valence-electron chi connectivity index (χ0n) is 5.61. The summed E-state index contributed by atoms with van der Waals surface area (Å²) < 4.78 is 1.61. The largest absolute Gasteiger partial charge is 0.320 e. The van der Waals surface area contributed by atoms with E-state index in [0.717, 1.165) is 12.3 Å². The Hall–Kier alpha value is 1.42. The highest BCUT2D eigenvalue weighted by Gasteiger charge is 2.01. The topological polar surface area (TPSA) is 26.0 Å². The van der Waals surface area contributed by atoms with Crippen molar-refractivity contribution in [2.24, 2.45) is 11.7 Å². The highest BCUT2D eigenvalue weighted by molar-refractivity contribution is 14.1. The normalized spacial score (nSPS) is 17.3. The Labute approximate surface area is 84.4 Å². The highest BCUT2D eigenvalue weighted by atomic mass is 127. The van der Waals surface area contributed by atoms with Crippen molar-refractivity contribution in [1.82, 2.24) is 0 Å². The van der Waals surface area contributed by atoms with Crippen LogP contribution in [0, 0.1) is 5.92 Å². The highest BCUT2D eigenvalue weighted by Crippen LogP contribution is 2.12. The molecule has 2 atom stereocenters. The second kappa shape index (κ2) is 6.15. The molecule has 0 heterocycles. The van der Waals surface area contributed by atoms with Gasteiger partial charge in [-0.3, -0.25) is 0 Å². The molecule has 0 radical (unpaired) electrons. The van der Waals surface area contributed by atoms with Crippen LogP contribution in [0.25, 0.3) is 0 Å². The van der Waals surface area contributed by atoms with Crippen molar-refractivity contribution in [1.29, 1.82) is 0 Å². The summed E-state index contributed by atoms with van der Waals surface area (Å²) in [7, 11) is 0. The number of alkyl halides is 2. The Morgan fingerprint density at radius 1 is 1.44 bits per heavy atom. The van der Waals surface area contributed by atoms with Gasteiger partial charge in [0.2, 0.25) is 0 Å². The molecule has 0 saturated heterocycles. The molecule has 0 fully saturated rings. The lowest BCUT2D eigenvalue weighted by Crippen LogP contribution is -2.12. The van der Waals surface area contributed by atoms with Gasteiger partial charge in [-0.1, -0.05) is 52.1 Å². The molecule has 0 aromatic rings. The van der Waals surface area contributed by atoms with Crippen LogP contribution in [0.3, 0.4) is 0 Å². The molecule has 0 aromatic carbocycles. The summed E-state index contributed by atoms with van der Waals surface area (Å²) >= 11 is 4.68. The van der Waals surface area contributed by atoms with E-state index in [4.69, 9.17) is 5.73 Å². The Morgan fingerprint density at radius 2 is 2.00 bits per heavy atom. The number of hydrogen-bond donors (Lipinski definition) is 1. The van der Waals surface area contributed by atoms with E-state index in [9.17, 15) is 0 Å². The third-order valence-corrected chi connectivity index (χ3v) is 3.33. The maximum absolute atomic E-state index is 5.58. The van der Waals surface area contributed by atoms with Gasteiger partial charge in [0.25, 0.3) is 0 Å². The molecule has 0 rings (SSSR count). The second-order valence-corrected chi connectivity index (χ2v) is 4.83. The van der Waals surface area contributed by atoms with Crippen molar-refractivity contribution in [2.75, 3.05) is 4.43 Å². The first-order valence-corrected chi connectivity index (χ1v) is 5.89. The van der Waals surface area contributed by atoms with Gasteiger partial charge in [-0.2, -0.15) is 0 Å². The van der Waals surface area contributed by atoms with E-state index in [-0.39, 0.29) is 0 Å². The average Bonchev–Trinajstić information content (AvgIpc) is 1.83. The quantitative estimate of drug-likeness (QED) is 0.469. The van der Waals surface area contributed by atoms with Gasteiger partial charge in [0.1, 0.15) is 0 Å². The first-order valence-electron chi connectivity index (χ1n) is 3.12. The standard InChI is InChI=1S/C6H13I2N/c1-5(4-7)2-3-6(8)9/h5-6H,2-4,9H2,1H3/t5-,6?/m0/s1. The van der Waals surface area contributed by atoms with Crippen LogP contribution in [0.4, 0.5) is 0 Å². The van der Waals surface area contributed by atoms with Gasteiger partial charge < -0.3 is 5.73 Å². The number of rotatable bonds is 4. The fraction of sp³-hybridized carbons (Fsp3) is 1.00. The van der Waals surface area contributed by atoms with E-state index < -0.39 is 0 Å². The first-order chi connectivity index (χ1) is 4.16. The van der Waals surface area contributed by atoms with E-state index in [0.29, 0.717) is 4.05 Å². The van der Waals surface area contributed by atoms with Gasteiger partial charge >= 0.3 is 0 Å². The van der Waals surface area contributed by atoms with Crippen LogP contribution < -0.4 is 5.73 Å². The average molecular weight is 353 g/mol. The monoisotopic (exact) mass is 353 g/mol. The van der Waals surface area contributed by atoms with E-state index >= 15 is 0 Å². The minimum Gasteiger partial charge on any atom is -0.320 e. The maximum atomic E-state index is 5.58. The number of halogens is 2. The Kier molecular flexibility index (Phi) is 7.12. The predicted octanol–water partition coefficient (Wildman–Crippen LogP) is 2.56. The predicted molar refractivity (Wildman–Crippen MR) is 59.3 cm³/mol. The van der Waals surface area contributed by atoms with Crippen molar-refractivity contribution in [3.05, 3.63) is 0 Å². The molecule has 1 nitrogen and oxygen atoms in total. The van der Waals surface area contributed by atoms with Crippen molar-refractivity contribution >= 4 is 45.2 Å². The molecule has 9 heavy (non-hydrogen) atoms. The van der Waals surface area contributed by atoms with E-state index in [1.807, 2.05) is 0 Å². The summed E-state index contributed by atoms with van der Waals surface area (Å²) in [5, 5.41) is 0. The molecule has 0 aliphatic carbocycles. The summed E-state index contributed by atoms with van der Waals surface area (Å²) in [5.74, 6) is 0.839. The summed E-state index contributed by atoms with van der Waals surface area (Å²) in [5.41, 5.74) is 5.58. The fourth-order valence-electron chi connectivity index (χ4n) is 0.521. The van der Waals surface area contributed by atoms with Gasteiger partial charge in [-0.05, 0) is 18.8 Å². The molecular formula is C6H13I2N. The van der Waals surface area contributed by atoms with Crippen LogP contribution in [-0.2, 0) is 0 Å². The smallest absolute Gasteiger partial charge is 0.0568 e. The van der Waals surface area contributed by atoms with E-state index in [1.165, 1.54) is 10.8 Å². The second-order valence-electron chi connectivity index (χ2n) is 2.35. The molecule has 0 aliphatic rings. The van der Waals surface area contributed by atoms with Crippen molar-refractivity contribution < 1.29 is 0 Å². The van der Waals surface area contributed by atoms with Crippen molar-refractivity contribution in [3.8, 4) is 0 Å². The molecule has 0 spiro atoms. The van der Waals surface area contributed by atoms with Crippen molar-refractivity contribution in [3.63, 3.8) is 0 Å². The third kappa shape index (κ3) is 7.32. The molecular weight excluding hydrogens is 340 g/mol.